The van der Waals surface area contributed by atoms with Crippen molar-refractivity contribution in [2.24, 2.45) is 0 Å². The number of amides is 1. The van der Waals surface area contributed by atoms with Gasteiger partial charge in [0.15, 0.2) is 5.82 Å². The summed E-state index contributed by atoms with van der Waals surface area (Å²) in [5.41, 5.74) is -0.0554. The van der Waals surface area contributed by atoms with Crippen molar-refractivity contribution in [1.82, 2.24) is 10.0 Å². The van der Waals surface area contributed by atoms with E-state index in [1.165, 1.54) is 6.07 Å². The van der Waals surface area contributed by atoms with Gasteiger partial charge >= 0.3 is 10.2 Å². The number of halogens is 3. The molecule has 1 saturated heterocycles. The van der Waals surface area contributed by atoms with E-state index in [0.717, 1.165) is 0 Å². The van der Waals surface area contributed by atoms with Gasteiger partial charge in [0.2, 0.25) is 6.43 Å². The third-order valence-electron chi connectivity index (χ3n) is 4.37. The second kappa shape index (κ2) is 7.43. The molecule has 1 unspecified atom stereocenters. The molecule has 0 aromatic heterocycles. The van der Waals surface area contributed by atoms with Crippen LogP contribution in [0.15, 0.2) is 6.07 Å². The molecule has 1 amide bonds. The van der Waals surface area contributed by atoms with Crippen LogP contribution in [0.25, 0.3) is 0 Å². The van der Waals surface area contributed by atoms with Crippen LogP contribution >= 0.6 is 0 Å². The second-order valence-corrected chi connectivity index (χ2v) is 8.00. The lowest BCUT2D eigenvalue weighted by Crippen LogP contribution is -2.32. The van der Waals surface area contributed by atoms with E-state index in [0.29, 0.717) is 29.5 Å². The largest absolute Gasteiger partial charge is 0.506 e. The number of rotatable bonds is 7. The summed E-state index contributed by atoms with van der Waals surface area (Å²) in [6.45, 7) is 0.154. The van der Waals surface area contributed by atoms with Crippen molar-refractivity contribution in [3.63, 3.8) is 0 Å². The fourth-order valence-corrected chi connectivity index (χ4v) is 4.34. The number of benzene rings is 1. The van der Waals surface area contributed by atoms with Gasteiger partial charge in [-0.05, 0) is 19.4 Å². The van der Waals surface area contributed by atoms with Gasteiger partial charge in [-0.2, -0.15) is 8.42 Å². The van der Waals surface area contributed by atoms with Crippen LogP contribution in [0, 0.1) is 5.82 Å². The van der Waals surface area contributed by atoms with Crippen LogP contribution < -0.4 is 19.7 Å². The third-order valence-corrected chi connectivity index (χ3v) is 5.75. The lowest BCUT2D eigenvalue weighted by Gasteiger charge is -2.18. The Bertz CT molecular complexity index is 850. The second-order valence-electron chi connectivity index (χ2n) is 6.40. The Morgan fingerprint density at radius 3 is 2.78 bits per heavy atom. The fourth-order valence-electron chi connectivity index (χ4n) is 3.18. The molecule has 4 N–H and O–H groups in total. The molecular formula is C15H19F3N4O4S. The summed E-state index contributed by atoms with van der Waals surface area (Å²) in [6.07, 6.45) is -2.02. The van der Waals surface area contributed by atoms with Crippen LogP contribution in [0.4, 0.5) is 24.5 Å². The van der Waals surface area contributed by atoms with E-state index >= 15 is 0 Å². The highest BCUT2D eigenvalue weighted by Gasteiger charge is 2.39. The number of hydrogen-bond donors (Lipinski definition) is 4. The number of aromatic hydroxyl groups is 1. The van der Waals surface area contributed by atoms with E-state index in [9.17, 15) is 31.5 Å². The topological polar surface area (TPSA) is 111 Å². The number of anilines is 2. The van der Waals surface area contributed by atoms with Crippen LogP contribution in [0.1, 0.15) is 18.4 Å². The molecule has 2 aliphatic heterocycles. The zero-order valence-electron chi connectivity index (χ0n) is 14.1. The van der Waals surface area contributed by atoms with Gasteiger partial charge in [-0.25, -0.2) is 22.2 Å². The van der Waals surface area contributed by atoms with Gasteiger partial charge in [-0.15, -0.1) is 0 Å². The first kappa shape index (κ1) is 19.5. The SMILES string of the molecule is O=C1CN(c2c(O)cc3c(c2F)CC(CNCCCC(F)F)N3)S(=O)(=O)N1. The average Bonchev–Trinajstić information content (AvgIpc) is 3.07. The number of phenolic OH excluding ortho intramolecular Hbond substituents is 1. The quantitative estimate of drug-likeness (QED) is 0.494. The molecule has 0 aliphatic carbocycles. The van der Waals surface area contributed by atoms with E-state index < -0.39 is 46.3 Å². The molecule has 1 fully saturated rings. The first-order chi connectivity index (χ1) is 12.7. The van der Waals surface area contributed by atoms with Gasteiger partial charge in [0.25, 0.3) is 5.91 Å². The monoisotopic (exact) mass is 408 g/mol. The Hall–Kier alpha value is -2.21. The Morgan fingerprint density at radius 2 is 2.15 bits per heavy atom. The van der Waals surface area contributed by atoms with Crippen LogP contribution in [-0.4, -0.2) is 51.5 Å². The molecule has 150 valence electrons. The molecule has 0 spiro atoms. The van der Waals surface area contributed by atoms with Crippen LogP contribution in [0.3, 0.4) is 0 Å². The first-order valence-corrected chi connectivity index (χ1v) is 9.76. The van der Waals surface area contributed by atoms with Gasteiger partial charge in [0.1, 0.15) is 18.0 Å². The number of alkyl halides is 2. The first-order valence-electron chi connectivity index (χ1n) is 8.32. The van der Waals surface area contributed by atoms with E-state index in [1.54, 1.807) is 4.72 Å². The van der Waals surface area contributed by atoms with Crippen molar-refractivity contribution >= 4 is 27.5 Å². The maximum absolute atomic E-state index is 14.9. The molecule has 2 aliphatic rings. The van der Waals surface area contributed by atoms with E-state index in [-0.39, 0.29) is 24.4 Å². The predicted octanol–water partition coefficient (Wildman–Crippen LogP) is 0.684. The summed E-state index contributed by atoms with van der Waals surface area (Å²) in [5, 5.41) is 16.1. The molecule has 8 nitrogen and oxygen atoms in total. The lowest BCUT2D eigenvalue weighted by molar-refractivity contribution is -0.117. The summed E-state index contributed by atoms with van der Waals surface area (Å²) in [7, 11) is -4.25. The lowest BCUT2D eigenvalue weighted by atomic mass is 10.1. The molecule has 1 aromatic rings. The molecular weight excluding hydrogens is 389 g/mol. The van der Waals surface area contributed by atoms with Crippen molar-refractivity contribution < 1.29 is 31.5 Å². The standard InChI is InChI=1S/C15H19F3N4O4S/c16-12(17)2-1-3-19-6-8-4-9-10(20-8)5-11(23)15(14(9)18)22-7-13(24)21-27(22,25)26/h5,8,12,19-20,23H,1-4,6-7H2,(H,21,24). The van der Waals surface area contributed by atoms with Crippen molar-refractivity contribution in [1.29, 1.82) is 0 Å². The molecule has 0 saturated carbocycles. The highest BCUT2D eigenvalue weighted by molar-refractivity contribution is 7.92. The van der Waals surface area contributed by atoms with Crippen LogP contribution in [0.2, 0.25) is 0 Å². The number of phenols is 1. The molecule has 12 heteroatoms. The zero-order valence-corrected chi connectivity index (χ0v) is 15.0. The summed E-state index contributed by atoms with van der Waals surface area (Å²) in [5.74, 6) is -2.35. The van der Waals surface area contributed by atoms with Gasteiger partial charge in [0.05, 0.1) is 0 Å². The Morgan fingerprint density at radius 1 is 1.41 bits per heavy atom. The number of hydrogen-bond acceptors (Lipinski definition) is 6. The Kier molecular flexibility index (Phi) is 5.38. The highest BCUT2D eigenvalue weighted by Crippen LogP contribution is 2.41. The minimum Gasteiger partial charge on any atom is -0.506 e. The van der Waals surface area contributed by atoms with Gasteiger partial charge in [-0.3, -0.25) is 4.79 Å². The Labute approximate surface area is 153 Å². The molecule has 3 rings (SSSR count). The summed E-state index contributed by atoms with van der Waals surface area (Å²) in [4.78, 5) is 11.4. The van der Waals surface area contributed by atoms with Gasteiger partial charge < -0.3 is 15.7 Å². The number of carbonyl (C=O) groups is 1. The normalized spacial score (nSPS) is 20.7. The van der Waals surface area contributed by atoms with Gasteiger partial charge in [-0.1, -0.05) is 0 Å². The van der Waals surface area contributed by atoms with E-state index in [1.807, 2.05) is 0 Å². The molecule has 1 aromatic carbocycles. The van der Waals surface area contributed by atoms with E-state index in [2.05, 4.69) is 10.6 Å². The summed E-state index contributed by atoms with van der Waals surface area (Å²) in [6, 6.07) is 0.966. The predicted molar refractivity (Wildman–Crippen MR) is 91.7 cm³/mol. The van der Waals surface area contributed by atoms with Crippen LogP contribution in [0.5, 0.6) is 5.75 Å². The molecule has 1 atom stereocenters. The number of nitrogens with zero attached hydrogens (tertiary/aromatic N) is 1. The molecule has 27 heavy (non-hydrogen) atoms. The van der Waals surface area contributed by atoms with E-state index in [4.69, 9.17) is 0 Å². The molecule has 2 heterocycles. The smallest absolute Gasteiger partial charge is 0.326 e. The Balaban J connectivity index is 1.71. The van der Waals surface area contributed by atoms with Crippen molar-refractivity contribution in [3.05, 3.63) is 17.4 Å². The molecule has 0 radical (unpaired) electrons. The third kappa shape index (κ3) is 4.05. The summed E-state index contributed by atoms with van der Waals surface area (Å²) < 4.78 is 65.2. The number of nitrogens with one attached hydrogen (secondary N) is 3. The zero-order chi connectivity index (χ0) is 19.8. The number of carbonyl (C=O) groups excluding carboxylic acids is 1. The average molecular weight is 408 g/mol. The highest BCUT2D eigenvalue weighted by atomic mass is 32.2. The molecule has 0 bridgehead atoms. The van der Waals surface area contributed by atoms with Gasteiger partial charge in [0, 0.05) is 36.3 Å². The van der Waals surface area contributed by atoms with Crippen LogP contribution in [-0.2, 0) is 21.4 Å². The van der Waals surface area contributed by atoms with Crippen molar-refractivity contribution in [2.45, 2.75) is 31.7 Å². The number of fused-ring (bicyclic) bond motifs is 1. The van der Waals surface area contributed by atoms with Crippen molar-refractivity contribution in [3.8, 4) is 5.75 Å². The maximum atomic E-state index is 14.9. The summed E-state index contributed by atoms with van der Waals surface area (Å²) >= 11 is 0. The minimum atomic E-state index is -4.25. The van der Waals surface area contributed by atoms with Crippen molar-refractivity contribution in [2.75, 3.05) is 29.3 Å². The fraction of sp³-hybridized carbons (Fsp3) is 0.533. The maximum Gasteiger partial charge on any atom is 0.326 e. The minimum absolute atomic E-state index is 0.191.